The molecule has 1 aliphatic heterocycles. The molecule has 0 radical (unpaired) electrons. The third kappa shape index (κ3) is 3.60. The van der Waals surface area contributed by atoms with Gasteiger partial charge in [-0.1, -0.05) is 6.92 Å². The minimum atomic E-state index is -0.0355. The van der Waals surface area contributed by atoms with Crippen molar-refractivity contribution in [1.82, 2.24) is 9.97 Å². The van der Waals surface area contributed by atoms with E-state index in [1.54, 1.807) is 6.07 Å². The van der Waals surface area contributed by atoms with Crippen molar-refractivity contribution < 1.29 is 4.74 Å². The first-order valence-corrected chi connectivity index (χ1v) is 9.50. The van der Waals surface area contributed by atoms with Crippen molar-refractivity contribution in [1.29, 1.82) is 5.41 Å². The van der Waals surface area contributed by atoms with Crippen LogP contribution in [-0.2, 0) is 0 Å². The van der Waals surface area contributed by atoms with Crippen LogP contribution in [0.4, 0.5) is 11.5 Å². The third-order valence-electron chi connectivity index (χ3n) is 5.54. The molecule has 2 heterocycles. The van der Waals surface area contributed by atoms with Crippen molar-refractivity contribution in [2.24, 2.45) is 5.73 Å². The number of nitrogens with one attached hydrogen (secondary N) is 1. The molecule has 27 heavy (non-hydrogen) atoms. The molecule has 2 aromatic rings. The Labute approximate surface area is 159 Å². The molecule has 7 nitrogen and oxygen atoms in total. The van der Waals surface area contributed by atoms with Crippen molar-refractivity contribution in [3.63, 3.8) is 0 Å². The Morgan fingerprint density at radius 1 is 1.33 bits per heavy atom. The molecule has 2 fully saturated rings. The van der Waals surface area contributed by atoms with Gasteiger partial charge in [-0.3, -0.25) is 5.41 Å². The maximum absolute atomic E-state index is 8.64. The minimum absolute atomic E-state index is 0.0355. The summed E-state index contributed by atoms with van der Waals surface area (Å²) < 4.78 is 6.15. The first kappa shape index (κ1) is 17.7. The molecular formula is C20H26N6O. The monoisotopic (exact) mass is 366 g/mol. The summed E-state index contributed by atoms with van der Waals surface area (Å²) in [5, 5.41) is 8.64. The maximum atomic E-state index is 8.64. The lowest BCUT2D eigenvalue weighted by molar-refractivity contribution is 0.174. The third-order valence-corrected chi connectivity index (χ3v) is 5.54. The van der Waals surface area contributed by atoms with Gasteiger partial charge in [0.05, 0.1) is 11.4 Å². The molecule has 1 saturated carbocycles. The smallest absolute Gasteiger partial charge is 0.132 e. The summed E-state index contributed by atoms with van der Waals surface area (Å²) in [7, 11) is 0. The quantitative estimate of drug-likeness (QED) is 0.534. The van der Waals surface area contributed by atoms with E-state index < -0.39 is 0 Å². The van der Waals surface area contributed by atoms with Gasteiger partial charge in [-0.2, -0.15) is 0 Å². The summed E-state index contributed by atoms with van der Waals surface area (Å²) in [6.45, 7) is 3.78. The van der Waals surface area contributed by atoms with Crippen molar-refractivity contribution in [2.45, 2.75) is 44.2 Å². The number of rotatable bonds is 6. The second-order valence-corrected chi connectivity index (χ2v) is 7.52. The Balaban J connectivity index is 1.59. The summed E-state index contributed by atoms with van der Waals surface area (Å²) in [6, 6.07) is 7.52. The van der Waals surface area contributed by atoms with Gasteiger partial charge in [0.2, 0.25) is 0 Å². The predicted molar refractivity (Wildman–Crippen MR) is 107 cm³/mol. The van der Waals surface area contributed by atoms with Crippen LogP contribution in [-0.4, -0.2) is 40.4 Å². The summed E-state index contributed by atoms with van der Waals surface area (Å²) in [5.74, 6) is 1.55. The van der Waals surface area contributed by atoms with Crippen molar-refractivity contribution in [2.75, 3.05) is 23.7 Å². The Hall–Kier alpha value is -2.67. The number of ether oxygens (including phenoxy) is 1. The van der Waals surface area contributed by atoms with E-state index in [0.29, 0.717) is 16.9 Å². The van der Waals surface area contributed by atoms with Gasteiger partial charge >= 0.3 is 0 Å². The fourth-order valence-corrected chi connectivity index (χ4v) is 3.52. The van der Waals surface area contributed by atoms with E-state index in [1.165, 1.54) is 6.33 Å². The average Bonchev–Trinajstić information content (AvgIpc) is 3.33. The first-order chi connectivity index (χ1) is 13.0. The van der Waals surface area contributed by atoms with E-state index in [-0.39, 0.29) is 17.4 Å². The number of hydrogen-bond acceptors (Lipinski definition) is 7. The van der Waals surface area contributed by atoms with E-state index in [0.717, 1.165) is 50.3 Å². The van der Waals surface area contributed by atoms with E-state index in [4.69, 9.17) is 21.6 Å². The van der Waals surface area contributed by atoms with Crippen LogP contribution in [0, 0.1) is 5.41 Å². The van der Waals surface area contributed by atoms with Gasteiger partial charge in [0.15, 0.2) is 0 Å². The van der Waals surface area contributed by atoms with Crippen LogP contribution in [0.5, 0.6) is 5.75 Å². The zero-order valence-corrected chi connectivity index (χ0v) is 15.6. The van der Waals surface area contributed by atoms with E-state index in [1.807, 2.05) is 18.2 Å². The number of nitrogens with two attached hydrogens (primary N) is 2. The lowest BCUT2D eigenvalue weighted by atomic mass is 10.0. The number of hydrogen-bond donors (Lipinski definition) is 3. The molecule has 4 rings (SSSR count). The van der Waals surface area contributed by atoms with Gasteiger partial charge in [-0.05, 0) is 43.9 Å². The van der Waals surface area contributed by atoms with Crippen LogP contribution in [0.1, 0.15) is 43.9 Å². The normalized spacial score (nSPS) is 20.5. The minimum Gasteiger partial charge on any atom is -0.487 e. The number of benzene rings is 1. The van der Waals surface area contributed by atoms with E-state index >= 15 is 0 Å². The number of anilines is 2. The van der Waals surface area contributed by atoms with Crippen LogP contribution in [0.2, 0.25) is 0 Å². The second kappa shape index (κ2) is 6.81. The zero-order valence-electron chi connectivity index (χ0n) is 15.6. The van der Waals surface area contributed by atoms with Gasteiger partial charge in [0.1, 0.15) is 23.5 Å². The molecule has 0 unspecified atom stereocenters. The summed E-state index contributed by atoms with van der Waals surface area (Å²) in [6.07, 6.45) is 5.58. The molecule has 0 spiro atoms. The van der Waals surface area contributed by atoms with Gasteiger partial charge in [-0.25, -0.2) is 9.97 Å². The van der Waals surface area contributed by atoms with E-state index in [9.17, 15) is 0 Å². The van der Waals surface area contributed by atoms with Crippen LogP contribution >= 0.6 is 0 Å². The van der Waals surface area contributed by atoms with Crippen molar-refractivity contribution >= 4 is 17.2 Å². The molecule has 0 amide bonds. The molecular weight excluding hydrogens is 340 g/mol. The average molecular weight is 366 g/mol. The largest absolute Gasteiger partial charge is 0.487 e. The predicted octanol–water partition coefficient (Wildman–Crippen LogP) is 2.33. The van der Waals surface area contributed by atoms with Crippen LogP contribution in [0.15, 0.2) is 30.6 Å². The van der Waals surface area contributed by atoms with E-state index in [2.05, 4.69) is 21.8 Å². The summed E-state index contributed by atoms with van der Waals surface area (Å²) in [5.41, 5.74) is 14.1. The molecule has 7 heteroatoms. The molecule has 1 aliphatic carbocycles. The molecule has 0 bridgehead atoms. The fourth-order valence-electron chi connectivity index (χ4n) is 3.52. The fraction of sp³-hybridized carbons (Fsp3) is 0.450. The highest BCUT2D eigenvalue weighted by Crippen LogP contribution is 2.43. The molecule has 1 aromatic heterocycles. The Kier molecular flexibility index (Phi) is 4.47. The zero-order chi connectivity index (χ0) is 19.0. The summed E-state index contributed by atoms with van der Waals surface area (Å²) in [4.78, 5) is 10.8. The Bertz CT molecular complexity index is 863. The number of nitrogen functional groups attached to an aromatic ring is 1. The van der Waals surface area contributed by atoms with Gasteiger partial charge in [0, 0.05) is 36.4 Å². The molecule has 2 aliphatic rings. The van der Waals surface area contributed by atoms with Crippen molar-refractivity contribution in [3.8, 4) is 5.75 Å². The Morgan fingerprint density at radius 2 is 2.15 bits per heavy atom. The van der Waals surface area contributed by atoms with Crippen LogP contribution < -0.4 is 21.1 Å². The highest BCUT2D eigenvalue weighted by molar-refractivity contribution is 6.13. The van der Waals surface area contributed by atoms with Crippen molar-refractivity contribution in [3.05, 3.63) is 41.9 Å². The topological polar surface area (TPSA) is 114 Å². The second-order valence-electron chi connectivity index (χ2n) is 7.52. The molecule has 1 saturated heterocycles. The SMILES string of the molecule is CCC1(Oc2ccc(N)c(C(=N)c3cc(N4CC[C@H](N)C4)ncn3)c2)CC1. The maximum Gasteiger partial charge on any atom is 0.132 e. The van der Waals surface area contributed by atoms with Gasteiger partial charge in [0.25, 0.3) is 0 Å². The lowest BCUT2D eigenvalue weighted by Gasteiger charge is -2.19. The highest BCUT2D eigenvalue weighted by atomic mass is 16.5. The molecule has 1 atom stereocenters. The molecule has 142 valence electrons. The highest BCUT2D eigenvalue weighted by Gasteiger charge is 2.43. The van der Waals surface area contributed by atoms with Gasteiger partial charge in [-0.15, -0.1) is 0 Å². The lowest BCUT2D eigenvalue weighted by Crippen LogP contribution is -2.27. The summed E-state index contributed by atoms with van der Waals surface area (Å²) >= 11 is 0. The first-order valence-electron chi connectivity index (χ1n) is 9.50. The standard InChI is InChI=1S/C20H26N6O/c1-2-20(6-7-20)27-14-3-4-16(22)15(9-14)19(23)17-10-18(25-12-24-17)26-8-5-13(21)11-26/h3-4,9-10,12-13,23H,2,5-8,11,21-22H2,1H3/t13-/m0/s1. The molecule has 1 aromatic carbocycles. The van der Waals surface area contributed by atoms with Crippen LogP contribution in [0.25, 0.3) is 0 Å². The molecule has 5 N–H and O–H groups in total. The number of aromatic nitrogens is 2. The van der Waals surface area contributed by atoms with Gasteiger partial charge < -0.3 is 21.1 Å². The number of nitrogens with zero attached hydrogens (tertiary/aromatic N) is 3. The Morgan fingerprint density at radius 3 is 2.81 bits per heavy atom. The van der Waals surface area contributed by atoms with Crippen LogP contribution in [0.3, 0.4) is 0 Å².